The Balaban J connectivity index is 2.48. The van der Waals surface area contributed by atoms with Gasteiger partial charge in [-0.1, -0.05) is 30.1 Å². The number of halogens is 2. The second kappa shape index (κ2) is 8.76. The van der Waals surface area contributed by atoms with Crippen LogP contribution in [-0.4, -0.2) is 26.3 Å². The van der Waals surface area contributed by atoms with Crippen molar-refractivity contribution < 1.29 is 4.74 Å². The molecule has 1 rings (SSSR count). The van der Waals surface area contributed by atoms with Crippen molar-refractivity contribution in [2.45, 2.75) is 32.2 Å². The number of likely N-dealkylation sites (N-methyl/N-ethyl adjacent to an activating group) is 1. The van der Waals surface area contributed by atoms with E-state index in [-0.39, 0.29) is 0 Å². The van der Waals surface area contributed by atoms with Gasteiger partial charge in [-0.05, 0) is 50.1 Å². The molecule has 1 unspecified atom stereocenters. The zero-order valence-corrected chi connectivity index (χ0v) is 12.5. The van der Waals surface area contributed by atoms with Crippen molar-refractivity contribution in [1.82, 2.24) is 5.32 Å². The lowest BCUT2D eigenvalue weighted by Gasteiger charge is -2.17. The minimum Gasteiger partial charge on any atom is -0.381 e. The minimum absolute atomic E-state index is 0.359. The van der Waals surface area contributed by atoms with Crippen LogP contribution in [0.25, 0.3) is 0 Å². The van der Waals surface area contributed by atoms with Crippen LogP contribution in [0.5, 0.6) is 0 Å². The number of hydrogen-bond donors (Lipinski definition) is 1. The van der Waals surface area contributed by atoms with Gasteiger partial charge in [0.05, 0.1) is 0 Å². The fourth-order valence-electron chi connectivity index (χ4n) is 1.79. The van der Waals surface area contributed by atoms with Crippen LogP contribution in [0.3, 0.4) is 0 Å². The van der Waals surface area contributed by atoms with Crippen molar-refractivity contribution in [3.8, 4) is 0 Å². The zero-order valence-electron chi connectivity index (χ0n) is 11.0. The maximum atomic E-state index is 6.16. The van der Waals surface area contributed by atoms with Gasteiger partial charge in [0.2, 0.25) is 0 Å². The molecule has 0 spiro atoms. The second-order valence-electron chi connectivity index (χ2n) is 4.33. The second-order valence-corrected chi connectivity index (χ2v) is 5.17. The van der Waals surface area contributed by atoms with Crippen molar-refractivity contribution >= 4 is 23.2 Å². The van der Waals surface area contributed by atoms with Crippen LogP contribution in [0, 0.1) is 0 Å². The molecule has 0 amide bonds. The highest BCUT2D eigenvalue weighted by Crippen LogP contribution is 2.22. The molecule has 0 aliphatic carbocycles. The first-order chi connectivity index (χ1) is 8.67. The van der Waals surface area contributed by atoms with E-state index in [2.05, 4.69) is 12.2 Å². The van der Waals surface area contributed by atoms with Gasteiger partial charge in [0.25, 0.3) is 0 Å². The molecule has 102 valence electrons. The topological polar surface area (TPSA) is 21.3 Å². The maximum absolute atomic E-state index is 6.16. The number of hydrogen-bond acceptors (Lipinski definition) is 2. The summed E-state index contributed by atoms with van der Waals surface area (Å²) in [5.74, 6) is 0. The lowest BCUT2D eigenvalue weighted by Crippen LogP contribution is -2.29. The van der Waals surface area contributed by atoms with Crippen molar-refractivity contribution in [2.75, 3.05) is 20.3 Å². The van der Waals surface area contributed by atoms with Crippen LogP contribution in [0.2, 0.25) is 10.0 Å². The number of nitrogens with one attached hydrogen (secondary N) is 1. The fraction of sp³-hybridized carbons (Fsp3) is 0.571. The van der Waals surface area contributed by atoms with Crippen LogP contribution in [0.1, 0.15) is 25.3 Å². The molecule has 1 aromatic rings. The molecule has 4 heteroatoms. The Kier molecular flexibility index (Phi) is 7.68. The molecular formula is C14H21Cl2NO. The van der Waals surface area contributed by atoms with Crippen LogP contribution in [0.4, 0.5) is 0 Å². The molecule has 0 bridgehead atoms. The first-order valence-corrected chi connectivity index (χ1v) is 7.12. The van der Waals surface area contributed by atoms with Gasteiger partial charge in [-0.25, -0.2) is 0 Å². The van der Waals surface area contributed by atoms with Gasteiger partial charge >= 0.3 is 0 Å². The van der Waals surface area contributed by atoms with Crippen molar-refractivity contribution in [3.05, 3.63) is 33.8 Å². The van der Waals surface area contributed by atoms with E-state index in [0.717, 1.165) is 48.1 Å². The van der Waals surface area contributed by atoms with Gasteiger partial charge in [0, 0.05) is 29.3 Å². The van der Waals surface area contributed by atoms with Gasteiger partial charge in [0.1, 0.15) is 0 Å². The van der Waals surface area contributed by atoms with Crippen LogP contribution in [-0.2, 0) is 11.2 Å². The van der Waals surface area contributed by atoms with E-state index in [1.165, 1.54) is 0 Å². The summed E-state index contributed by atoms with van der Waals surface area (Å²) >= 11 is 12.1. The molecular weight excluding hydrogens is 269 g/mol. The molecule has 1 N–H and O–H groups in total. The molecule has 2 nitrogen and oxygen atoms in total. The molecule has 1 atom stereocenters. The summed E-state index contributed by atoms with van der Waals surface area (Å²) in [5, 5.41) is 4.79. The maximum Gasteiger partial charge on any atom is 0.0480 e. The third-order valence-electron chi connectivity index (χ3n) is 2.84. The molecule has 0 radical (unpaired) electrons. The van der Waals surface area contributed by atoms with E-state index in [9.17, 15) is 0 Å². The summed E-state index contributed by atoms with van der Waals surface area (Å²) in [6, 6.07) is 5.95. The Morgan fingerprint density at radius 2 is 2.06 bits per heavy atom. The van der Waals surface area contributed by atoms with E-state index < -0.39 is 0 Å². The van der Waals surface area contributed by atoms with E-state index in [1.807, 2.05) is 25.2 Å². The Morgan fingerprint density at radius 3 is 2.72 bits per heavy atom. The van der Waals surface area contributed by atoms with E-state index in [0.29, 0.717) is 6.04 Å². The molecule has 0 aromatic heterocycles. The molecule has 0 fully saturated rings. The van der Waals surface area contributed by atoms with Crippen LogP contribution in [0.15, 0.2) is 18.2 Å². The lowest BCUT2D eigenvalue weighted by atomic mass is 10.0. The molecule has 18 heavy (non-hydrogen) atoms. The number of ether oxygens (including phenoxy) is 1. The monoisotopic (exact) mass is 289 g/mol. The highest BCUT2D eigenvalue weighted by molar-refractivity contribution is 6.33. The average molecular weight is 290 g/mol. The molecule has 0 aliphatic rings. The molecule has 0 aliphatic heterocycles. The third-order valence-corrected chi connectivity index (χ3v) is 3.45. The third kappa shape index (κ3) is 5.57. The SMILES string of the molecule is CCCOCCC(Cc1cc(Cl)ccc1Cl)NC. The first-order valence-electron chi connectivity index (χ1n) is 6.36. The molecule has 0 saturated heterocycles. The quantitative estimate of drug-likeness (QED) is 0.732. The predicted octanol–water partition coefficient (Wildman–Crippen LogP) is 3.94. The summed E-state index contributed by atoms with van der Waals surface area (Å²) in [4.78, 5) is 0. The summed E-state index contributed by atoms with van der Waals surface area (Å²) in [5.41, 5.74) is 1.08. The largest absolute Gasteiger partial charge is 0.381 e. The van der Waals surface area contributed by atoms with Gasteiger partial charge in [-0.2, -0.15) is 0 Å². The highest BCUT2D eigenvalue weighted by atomic mass is 35.5. The van der Waals surface area contributed by atoms with Crippen molar-refractivity contribution in [1.29, 1.82) is 0 Å². The predicted molar refractivity (Wildman–Crippen MR) is 78.7 cm³/mol. The van der Waals surface area contributed by atoms with Crippen molar-refractivity contribution in [2.24, 2.45) is 0 Å². The number of rotatable bonds is 8. The normalized spacial score (nSPS) is 12.7. The average Bonchev–Trinajstić information content (AvgIpc) is 2.37. The van der Waals surface area contributed by atoms with E-state index in [1.54, 1.807) is 0 Å². The summed E-state index contributed by atoms with van der Waals surface area (Å²) in [7, 11) is 1.96. The Hall–Kier alpha value is -0.280. The van der Waals surface area contributed by atoms with Crippen molar-refractivity contribution in [3.63, 3.8) is 0 Å². The molecule has 0 heterocycles. The summed E-state index contributed by atoms with van der Waals surface area (Å²) in [6.07, 6.45) is 2.90. The fourth-order valence-corrected chi connectivity index (χ4v) is 2.18. The standard InChI is InChI=1S/C14H21Cl2NO/c1-3-7-18-8-6-13(17-2)10-11-9-12(15)4-5-14(11)16/h4-5,9,13,17H,3,6-8,10H2,1-2H3. The zero-order chi connectivity index (χ0) is 13.4. The lowest BCUT2D eigenvalue weighted by molar-refractivity contribution is 0.125. The van der Waals surface area contributed by atoms with Gasteiger partial charge in [0.15, 0.2) is 0 Å². The van der Waals surface area contributed by atoms with Gasteiger partial charge in [-0.15, -0.1) is 0 Å². The van der Waals surface area contributed by atoms with E-state index >= 15 is 0 Å². The Morgan fingerprint density at radius 1 is 1.28 bits per heavy atom. The van der Waals surface area contributed by atoms with Gasteiger partial charge < -0.3 is 10.1 Å². The smallest absolute Gasteiger partial charge is 0.0480 e. The molecule has 0 saturated carbocycles. The molecule has 1 aromatic carbocycles. The van der Waals surface area contributed by atoms with Gasteiger partial charge in [-0.3, -0.25) is 0 Å². The Bertz CT molecular complexity index is 358. The minimum atomic E-state index is 0.359. The highest BCUT2D eigenvalue weighted by Gasteiger charge is 2.10. The van der Waals surface area contributed by atoms with Crippen LogP contribution >= 0.6 is 23.2 Å². The van der Waals surface area contributed by atoms with Crippen LogP contribution < -0.4 is 5.32 Å². The first kappa shape index (κ1) is 15.8. The number of benzene rings is 1. The Labute approximate surface area is 120 Å². The summed E-state index contributed by atoms with van der Waals surface area (Å²) < 4.78 is 5.51. The van der Waals surface area contributed by atoms with E-state index in [4.69, 9.17) is 27.9 Å². The summed E-state index contributed by atoms with van der Waals surface area (Å²) in [6.45, 7) is 3.72.